The highest BCUT2D eigenvalue weighted by Gasteiger charge is 2.48. The molecule has 4 rings (SSSR count). The first-order valence-electron chi connectivity index (χ1n) is 11.3. The number of anilines is 2. The number of hydrogen-bond donors (Lipinski definition) is 2. The van der Waals surface area contributed by atoms with Gasteiger partial charge in [0.2, 0.25) is 5.91 Å². The van der Waals surface area contributed by atoms with E-state index in [1.54, 1.807) is 60.7 Å². The molecular weight excluding hydrogens is 476 g/mol. The molecule has 0 bridgehead atoms. The molecule has 37 heavy (non-hydrogen) atoms. The molecule has 2 amide bonds. The molecule has 0 spiro atoms. The molecule has 0 radical (unpaired) electrons. The van der Waals surface area contributed by atoms with Gasteiger partial charge in [-0.2, -0.15) is 0 Å². The number of aliphatic hydroxyl groups is 1. The van der Waals surface area contributed by atoms with Gasteiger partial charge in [0.25, 0.3) is 11.7 Å². The number of nitrogens with zero attached hydrogens (tertiary/aromatic N) is 1. The van der Waals surface area contributed by atoms with Gasteiger partial charge in [-0.05, 0) is 48.5 Å². The molecular formula is C28H26N2O7. The lowest BCUT2D eigenvalue weighted by Gasteiger charge is -2.27. The van der Waals surface area contributed by atoms with E-state index in [0.29, 0.717) is 34.2 Å². The molecule has 3 aromatic rings. The van der Waals surface area contributed by atoms with Crippen molar-refractivity contribution < 1.29 is 33.7 Å². The maximum absolute atomic E-state index is 13.5. The van der Waals surface area contributed by atoms with Crippen molar-refractivity contribution in [2.24, 2.45) is 0 Å². The molecule has 1 aliphatic heterocycles. The van der Waals surface area contributed by atoms with Crippen LogP contribution in [0, 0.1) is 0 Å². The van der Waals surface area contributed by atoms with Gasteiger partial charge in [-0.1, -0.05) is 18.2 Å². The molecule has 190 valence electrons. The van der Waals surface area contributed by atoms with Gasteiger partial charge in [0.05, 0.1) is 38.5 Å². The van der Waals surface area contributed by atoms with Gasteiger partial charge in [0, 0.05) is 23.9 Å². The number of ether oxygens (including phenoxy) is 3. The summed E-state index contributed by atoms with van der Waals surface area (Å²) in [4.78, 5) is 39.6. The van der Waals surface area contributed by atoms with Crippen LogP contribution >= 0.6 is 0 Å². The average molecular weight is 503 g/mol. The summed E-state index contributed by atoms with van der Waals surface area (Å²) in [6.07, 6.45) is 0. The highest BCUT2D eigenvalue weighted by Crippen LogP contribution is 2.46. The van der Waals surface area contributed by atoms with Crippen molar-refractivity contribution in [1.82, 2.24) is 0 Å². The van der Waals surface area contributed by atoms with Crippen molar-refractivity contribution in [3.63, 3.8) is 0 Å². The number of hydrogen-bond acceptors (Lipinski definition) is 7. The molecule has 1 saturated heterocycles. The van der Waals surface area contributed by atoms with Crippen LogP contribution in [0.3, 0.4) is 0 Å². The Balaban J connectivity index is 1.96. The lowest BCUT2D eigenvalue weighted by molar-refractivity contribution is -0.132. The highest BCUT2D eigenvalue weighted by molar-refractivity contribution is 6.51. The molecule has 1 fully saturated rings. The van der Waals surface area contributed by atoms with E-state index in [2.05, 4.69) is 5.32 Å². The summed E-state index contributed by atoms with van der Waals surface area (Å²) in [5.41, 5.74) is 1.48. The van der Waals surface area contributed by atoms with E-state index >= 15 is 0 Å². The number of ketones is 1. The van der Waals surface area contributed by atoms with Gasteiger partial charge in [0.15, 0.2) is 0 Å². The Labute approximate surface area is 213 Å². The molecule has 1 heterocycles. The number of rotatable bonds is 7. The summed E-state index contributed by atoms with van der Waals surface area (Å²) >= 11 is 0. The molecule has 1 atom stereocenters. The van der Waals surface area contributed by atoms with Gasteiger partial charge in [-0.15, -0.1) is 0 Å². The topological polar surface area (TPSA) is 114 Å². The van der Waals surface area contributed by atoms with Crippen molar-refractivity contribution in [2.75, 3.05) is 31.5 Å². The Morgan fingerprint density at radius 2 is 1.57 bits per heavy atom. The number of carbonyl (C=O) groups is 3. The maximum Gasteiger partial charge on any atom is 0.300 e. The van der Waals surface area contributed by atoms with E-state index in [9.17, 15) is 19.5 Å². The summed E-state index contributed by atoms with van der Waals surface area (Å²) in [5, 5.41) is 14.2. The van der Waals surface area contributed by atoms with Crippen molar-refractivity contribution >= 4 is 34.7 Å². The maximum atomic E-state index is 13.5. The van der Waals surface area contributed by atoms with E-state index in [1.807, 2.05) is 0 Å². The summed E-state index contributed by atoms with van der Waals surface area (Å²) in [6.45, 7) is 1.39. The predicted octanol–water partition coefficient (Wildman–Crippen LogP) is 4.30. The van der Waals surface area contributed by atoms with E-state index in [1.165, 1.54) is 39.2 Å². The largest absolute Gasteiger partial charge is 0.507 e. The number of methoxy groups -OCH3 is 3. The van der Waals surface area contributed by atoms with E-state index in [4.69, 9.17) is 14.2 Å². The average Bonchev–Trinajstić information content (AvgIpc) is 3.17. The standard InChI is InChI=1S/C28H26N2O7/c1-16(31)29-17-9-11-18(12-10-17)30-25(20-7-5-6-8-22(20)36-3)24(27(33)28(30)34)26(32)21-15-19(35-2)13-14-23(21)37-4/h5-15,25,32H,1-4H3,(H,29,31)/b26-24+. The van der Waals surface area contributed by atoms with Crippen molar-refractivity contribution in [3.05, 3.63) is 83.4 Å². The Morgan fingerprint density at radius 3 is 2.19 bits per heavy atom. The molecule has 9 nitrogen and oxygen atoms in total. The molecule has 0 aliphatic carbocycles. The minimum absolute atomic E-state index is 0.132. The minimum atomic E-state index is -1.02. The molecule has 2 N–H and O–H groups in total. The molecule has 0 aromatic heterocycles. The first-order valence-corrected chi connectivity index (χ1v) is 11.3. The number of benzene rings is 3. The Hall–Kier alpha value is -4.79. The number of amides is 2. The first kappa shape index (κ1) is 25.3. The second-order valence-corrected chi connectivity index (χ2v) is 8.21. The van der Waals surface area contributed by atoms with Crippen LogP contribution in [0.1, 0.15) is 24.1 Å². The van der Waals surface area contributed by atoms with Crippen molar-refractivity contribution in [1.29, 1.82) is 0 Å². The molecule has 3 aromatic carbocycles. The third kappa shape index (κ3) is 4.71. The summed E-state index contributed by atoms with van der Waals surface area (Å²) in [6, 6.07) is 17.2. The minimum Gasteiger partial charge on any atom is -0.507 e. The Bertz CT molecular complexity index is 1400. The fourth-order valence-electron chi connectivity index (χ4n) is 4.34. The zero-order chi connectivity index (χ0) is 26.7. The van der Waals surface area contributed by atoms with Crippen LogP contribution in [0.2, 0.25) is 0 Å². The summed E-state index contributed by atoms with van der Waals surface area (Å²) in [7, 11) is 4.40. The van der Waals surface area contributed by atoms with Crippen molar-refractivity contribution in [3.8, 4) is 17.2 Å². The van der Waals surface area contributed by atoms with E-state index < -0.39 is 23.5 Å². The number of carbonyl (C=O) groups excluding carboxylic acids is 3. The van der Waals surface area contributed by atoms with Crippen LogP contribution < -0.4 is 24.4 Å². The molecule has 1 unspecified atom stereocenters. The predicted molar refractivity (Wildman–Crippen MR) is 138 cm³/mol. The first-order chi connectivity index (χ1) is 17.8. The number of Topliss-reactive ketones (excluding diaryl/α,β-unsaturated/α-hetero) is 1. The van der Waals surface area contributed by atoms with Gasteiger partial charge in [0.1, 0.15) is 23.0 Å². The van der Waals surface area contributed by atoms with Crippen LogP contribution in [0.5, 0.6) is 17.2 Å². The Kier molecular flexibility index (Phi) is 7.15. The van der Waals surface area contributed by atoms with E-state index in [-0.39, 0.29) is 17.0 Å². The lowest BCUT2D eigenvalue weighted by atomic mass is 9.94. The van der Waals surface area contributed by atoms with Crippen LogP contribution in [-0.2, 0) is 14.4 Å². The van der Waals surface area contributed by atoms with Gasteiger partial charge in [-0.25, -0.2) is 0 Å². The second kappa shape index (κ2) is 10.4. The number of nitrogens with one attached hydrogen (secondary N) is 1. The van der Waals surface area contributed by atoms with E-state index in [0.717, 1.165) is 0 Å². The summed E-state index contributed by atoms with van der Waals surface area (Å²) < 4.78 is 16.2. The van der Waals surface area contributed by atoms with Gasteiger partial charge >= 0.3 is 0 Å². The number of para-hydroxylation sites is 1. The van der Waals surface area contributed by atoms with Crippen LogP contribution in [0.25, 0.3) is 5.76 Å². The van der Waals surface area contributed by atoms with Crippen LogP contribution in [-0.4, -0.2) is 44.0 Å². The third-order valence-corrected chi connectivity index (χ3v) is 6.01. The third-order valence-electron chi connectivity index (χ3n) is 6.01. The van der Waals surface area contributed by atoms with Crippen molar-refractivity contribution in [2.45, 2.75) is 13.0 Å². The lowest BCUT2D eigenvalue weighted by Crippen LogP contribution is -2.29. The summed E-state index contributed by atoms with van der Waals surface area (Å²) in [5.74, 6) is -1.20. The fraction of sp³-hybridized carbons (Fsp3) is 0.179. The Morgan fingerprint density at radius 1 is 0.892 bits per heavy atom. The molecule has 1 aliphatic rings. The number of aliphatic hydroxyl groups excluding tert-OH is 1. The SMILES string of the molecule is COc1ccc(OC)c(/C(O)=C2\C(=O)C(=O)N(c3ccc(NC(C)=O)cc3)C2c2ccccc2OC)c1. The second-order valence-electron chi connectivity index (χ2n) is 8.21. The zero-order valence-corrected chi connectivity index (χ0v) is 20.8. The normalized spacial score (nSPS) is 16.4. The fourth-order valence-corrected chi connectivity index (χ4v) is 4.34. The van der Waals surface area contributed by atoms with Crippen LogP contribution in [0.4, 0.5) is 11.4 Å². The van der Waals surface area contributed by atoms with Crippen LogP contribution in [0.15, 0.2) is 72.3 Å². The smallest absolute Gasteiger partial charge is 0.300 e. The molecule has 0 saturated carbocycles. The molecule has 9 heteroatoms. The monoisotopic (exact) mass is 502 g/mol. The highest BCUT2D eigenvalue weighted by atomic mass is 16.5. The van der Waals surface area contributed by atoms with Gasteiger partial charge < -0.3 is 24.6 Å². The quantitative estimate of drug-likeness (QED) is 0.281. The van der Waals surface area contributed by atoms with Gasteiger partial charge in [-0.3, -0.25) is 19.3 Å². The zero-order valence-electron chi connectivity index (χ0n) is 20.8.